The second-order valence-corrected chi connectivity index (χ2v) is 4.16. The van der Waals surface area contributed by atoms with Gasteiger partial charge in [0.1, 0.15) is 11.4 Å². The average molecular weight is 276 g/mol. The van der Waals surface area contributed by atoms with Gasteiger partial charge < -0.3 is 14.6 Å². The Hall–Kier alpha value is -2.50. The molecule has 0 radical (unpaired) electrons. The van der Waals surface area contributed by atoms with E-state index in [0.29, 0.717) is 18.1 Å². The molecule has 0 aliphatic heterocycles. The summed E-state index contributed by atoms with van der Waals surface area (Å²) >= 11 is 0. The molecule has 106 valence electrons. The second kappa shape index (κ2) is 6.10. The summed E-state index contributed by atoms with van der Waals surface area (Å²) in [7, 11) is 3.12. The number of carbonyl (C=O) groups is 1. The maximum atomic E-state index is 10.7. The Morgan fingerprint density at radius 3 is 2.70 bits per heavy atom. The minimum atomic E-state index is -0.850. The molecule has 0 aliphatic rings. The third kappa shape index (κ3) is 2.74. The molecule has 0 saturated carbocycles. The van der Waals surface area contributed by atoms with Crippen molar-refractivity contribution in [2.24, 2.45) is 0 Å². The van der Waals surface area contributed by atoms with Crippen LogP contribution in [-0.4, -0.2) is 35.1 Å². The van der Waals surface area contributed by atoms with Crippen LogP contribution < -0.4 is 9.47 Å². The number of benzene rings is 1. The van der Waals surface area contributed by atoms with Gasteiger partial charge in [-0.3, -0.25) is 4.79 Å². The molecule has 1 aromatic carbocycles. The number of aliphatic carboxylic acids is 1. The lowest BCUT2D eigenvalue weighted by molar-refractivity contribution is -0.136. The molecular weight excluding hydrogens is 260 g/mol. The second-order valence-electron chi connectivity index (χ2n) is 4.16. The smallest absolute Gasteiger partial charge is 0.303 e. The number of aryl methyl sites for hydroxylation is 1. The van der Waals surface area contributed by atoms with E-state index in [1.807, 2.05) is 24.3 Å². The van der Waals surface area contributed by atoms with E-state index >= 15 is 0 Å². The fourth-order valence-electron chi connectivity index (χ4n) is 1.98. The molecule has 0 spiro atoms. The zero-order valence-electron chi connectivity index (χ0n) is 11.4. The van der Waals surface area contributed by atoms with Crippen molar-refractivity contribution >= 4 is 5.97 Å². The highest BCUT2D eigenvalue weighted by Crippen LogP contribution is 2.28. The minimum absolute atomic E-state index is 0.0357. The number of hydrogen-bond donors (Lipinski definition) is 1. The Bertz CT molecular complexity index is 607. The summed E-state index contributed by atoms with van der Waals surface area (Å²) in [6, 6.07) is 7.42. The molecule has 2 rings (SSSR count). The first-order chi connectivity index (χ1) is 9.67. The van der Waals surface area contributed by atoms with Gasteiger partial charge in [-0.2, -0.15) is 9.78 Å². The average Bonchev–Trinajstić information content (AvgIpc) is 2.87. The van der Waals surface area contributed by atoms with Crippen LogP contribution in [-0.2, 0) is 11.2 Å². The van der Waals surface area contributed by atoms with Crippen molar-refractivity contribution in [3.63, 3.8) is 0 Å². The van der Waals surface area contributed by atoms with Gasteiger partial charge in [-0.25, -0.2) is 0 Å². The summed E-state index contributed by atoms with van der Waals surface area (Å²) in [6.07, 6.45) is 2.02. The van der Waals surface area contributed by atoms with Gasteiger partial charge in [0.25, 0.3) is 0 Å². The SMILES string of the molecule is COc1ccccc1-n1ncc(CCC(=O)O)c1OC. The van der Waals surface area contributed by atoms with Crippen LogP contribution in [0.4, 0.5) is 0 Å². The first-order valence-corrected chi connectivity index (χ1v) is 6.13. The van der Waals surface area contributed by atoms with E-state index in [4.69, 9.17) is 14.6 Å². The van der Waals surface area contributed by atoms with Crippen LogP contribution in [0, 0.1) is 0 Å². The molecule has 0 fully saturated rings. The molecule has 6 nitrogen and oxygen atoms in total. The van der Waals surface area contributed by atoms with Gasteiger partial charge in [0.15, 0.2) is 0 Å². The van der Waals surface area contributed by atoms with Gasteiger partial charge in [-0.15, -0.1) is 0 Å². The van der Waals surface area contributed by atoms with Crippen molar-refractivity contribution in [1.29, 1.82) is 0 Å². The van der Waals surface area contributed by atoms with Crippen LogP contribution in [0.2, 0.25) is 0 Å². The predicted octanol–water partition coefficient (Wildman–Crippen LogP) is 1.91. The maximum absolute atomic E-state index is 10.7. The van der Waals surface area contributed by atoms with Crippen LogP contribution in [0.15, 0.2) is 30.5 Å². The van der Waals surface area contributed by atoms with E-state index in [9.17, 15) is 4.79 Å². The van der Waals surface area contributed by atoms with Crippen molar-refractivity contribution in [2.45, 2.75) is 12.8 Å². The predicted molar refractivity (Wildman–Crippen MR) is 72.6 cm³/mol. The number of methoxy groups -OCH3 is 2. The molecule has 1 heterocycles. The Morgan fingerprint density at radius 2 is 2.05 bits per heavy atom. The topological polar surface area (TPSA) is 73.6 Å². The number of para-hydroxylation sites is 2. The van der Waals surface area contributed by atoms with Gasteiger partial charge in [-0.1, -0.05) is 12.1 Å². The highest BCUT2D eigenvalue weighted by atomic mass is 16.5. The molecule has 2 aromatic rings. The molecule has 0 saturated heterocycles. The van der Waals surface area contributed by atoms with Crippen molar-refractivity contribution in [1.82, 2.24) is 9.78 Å². The lowest BCUT2D eigenvalue weighted by Crippen LogP contribution is -2.03. The molecule has 0 aliphatic carbocycles. The number of aromatic nitrogens is 2. The molecule has 1 N–H and O–H groups in total. The van der Waals surface area contributed by atoms with E-state index in [1.165, 1.54) is 7.11 Å². The van der Waals surface area contributed by atoms with E-state index < -0.39 is 5.97 Å². The van der Waals surface area contributed by atoms with Gasteiger partial charge in [0, 0.05) is 12.0 Å². The summed E-state index contributed by atoms with van der Waals surface area (Å²) < 4.78 is 12.3. The Balaban J connectivity index is 2.39. The first kappa shape index (κ1) is 13.9. The summed E-state index contributed by atoms with van der Waals surface area (Å²) in [6.45, 7) is 0. The summed E-state index contributed by atoms with van der Waals surface area (Å²) in [5, 5.41) is 13.0. The van der Waals surface area contributed by atoms with Crippen molar-refractivity contribution in [3.8, 4) is 17.3 Å². The number of rotatable bonds is 6. The van der Waals surface area contributed by atoms with E-state index in [0.717, 1.165) is 11.3 Å². The van der Waals surface area contributed by atoms with Crippen LogP contribution in [0.25, 0.3) is 5.69 Å². The zero-order valence-corrected chi connectivity index (χ0v) is 11.4. The molecule has 0 amide bonds. The van der Waals surface area contributed by atoms with E-state index in [-0.39, 0.29) is 6.42 Å². The van der Waals surface area contributed by atoms with Crippen molar-refractivity contribution in [2.75, 3.05) is 14.2 Å². The van der Waals surface area contributed by atoms with Gasteiger partial charge in [0.05, 0.1) is 20.4 Å². The number of nitrogens with zero attached hydrogens (tertiary/aromatic N) is 2. The Kier molecular flexibility index (Phi) is 4.24. The van der Waals surface area contributed by atoms with E-state index in [1.54, 1.807) is 18.0 Å². The molecule has 20 heavy (non-hydrogen) atoms. The summed E-state index contributed by atoms with van der Waals surface area (Å²) in [5.74, 6) is 0.339. The van der Waals surface area contributed by atoms with Crippen molar-refractivity contribution in [3.05, 3.63) is 36.0 Å². The first-order valence-electron chi connectivity index (χ1n) is 6.13. The number of ether oxygens (including phenoxy) is 2. The number of carboxylic acid groups (broad SMARTS) is 1. The molecule has 0 unspecified atom stereocenters. The van der Waals surface area contributed by atoms with Gasteiger partial charge in [0.2, 0.25) is 5.88 Å². The van der Waals surface area contributed by atoms with E-state index in [2.05, 4.69) is 5.10 Å². The number of hydrogen-bond acceptors (Lipinski definition) is 4. The molecule has 0 bridgehead atoms. The third-order valence-electron chi connectivity index (χ3n) is 2.91. The van der Waals surface area contributed by atoms with Crippen LogP contribution >= 0.6 is 0 Å². The molecule has 0 atom stereocenters. The summed E-state index contributed by atoms with van der Waals surface area (Å²) in [4.78, 5) is 10.7. The Labute approximate surface area is 116 Å². The fourth-order valence-corrected chi connectivity index (χ4v) is 1.98. The zero-order chi connectivity index (χ0) is 14.5. The number of carboxylic acids is 1. The lowest BCUT2D eigenvalue weighted by atomic mass is 10.2. The largest absolute Gasteiger partial charge is 0.494 e. The molecule has 6 heteroatoms. The van der Waals surface area contributed by atoms with Crippen LogP contribution in [0.1, 0.15) is 12.0 Å². The highest BCUT2D eigenvalue weighted by molar-refractivity contribution is 5.67. The fraction of sp³-hybridized carbons (Fsp3) is 0.286. The van der Waals surface area contributed by atoms with Gasteiger partial charge in [-0.05, 0) is 18.6 Å². The Morgan fingerprint density at radius 1 is 1.30 bits per heavy atom. The third-order valence-corrected chi connectivity index (χ3v) is 2.91. The standard InChI is InChI=1S/C14H16N2O4/c1-19-12-6-4-3-5-11(12)16-14(20-2)10(9-15-16)7-8-13(17)18/h3-6,9H,7-8H2,1-2H3,(H,17,18). The van der Waals surface area contributed by atoms with Gasteiger partial charge >= 0.3 is 5.97 Å². The molecular formula is C14H16N2O4. The summed E-state index contributed by atoms with van der Waals surface area (Å²) in [5.41, 5.74) is 1.49. The highest BCUT2D eigenvalue weighted by Gasteiger charge is 2.16. The minimum Gasteiger partial charge on any atom is -0.494 e. The quantitative estimate of drug-likeness (QED) is 0.872. The lowest BCUT2D eigenvalue weighted by Gasteiger charge is -2.11. The monoisotopic (exact) mass is 276 g/mol. The van der Waals surface area contributed by atoms with Crippen LogP contribution in [0.3, 0.4) is 0 Å². The normalized spacial score (nSPS) is 10.3. The van der Waals surface area contributed by atoms with Crippen LogP contribution in [0.5, 0.6) is 11.6 Å². The maximum Gasteiger partial charge on any atom is 0.303 e. The van der Waals surface area contributed by atoms with Crippen molar-refractivity contribution < 1.29 is 19.4 Å². The molecule has 1 aromatic heterocycles.